The molecule has 0 saturated heterocycles. The van der Waals surface area contributed by atoms with Gasteiger partial charge in [-0.05, 0) is 0 Å². The highest BCUT2D eigenvalue weighted by atomic mass is 35.5. The largest absolute Gasteiger partial charge is 0.469 e. The van der Waals surface area contributed by atoms with Gasteiger partial charge in [-0.1, -0.05) is 23.2 Å². The fourth-order valence-corrected chi connectivity index (χ4v) is 2.57. The molecule has 0 unspecified atom stereocenters. The van der Waals surface area contributed by atoms with Gasteiger partial charge in [-0.3, -0.25) is 9.52 Å². The van der Waals surface area contributed by atoms with E-state index in [4.69, 9.17) is 23.2 Å². The minimum Gasteiger partial charge on any atom is -0.469 e. The number of nitrogens with zero attached hydrogens (tertiary/aromatic N) is 3. The smallest absolute Gasteiger partial charge is 0.306 e. The fourth-order valence-electron chi connectivity index (χ4n) is 1.11. The second kappa shape index (κ2) is 7.02. The SMILES string of the molecule is COC(=O)CCN(C)S(=O)(=O)Nc1c(Cl)ncnc1Cl. The molecule has 0 radical (unpaired) electrons. The van der Waals surface area contributed by atoms with Gasteiger partial charge >= 0.3 is 16.2 Å². The number of anilines is 1. The number of halogens is 2. The van der Waals surface area contributed by atoms with Crippen LogP contribution in [0.25, 0.3) is 0 Å². The second-order valence-electron chi connectivity index (χ2n) is 3.59. The highest BCUT2D eigenvalue weighted by Gasteiger charge is 2.22. The number of ether oxygens (including phenoxy) is 1. The molecule has 0 aliphatic rings. The van der Waals surface area contributed by atoms with E-state index in [1.165, 1.54) is 14.2 Å². The molecular weight excluding hydrogens is 331 g/mol. The summed E-state index contributed by atoms with van der Waals surface area (Å²) < 4.78 is 31.5. The molecule has 1 aromatic heterocycles. The second-order valence-corrected chi connectivity index (χ2v) is 6.08. The van der Waals surface area contributed by atoms with E-state index in [-0.39, 0.29) is 29.0 Å². The lowest BCUT2D eigenvalue weighted by Gasteiger charge is -2.18. The van der Waals surface area contributed by atoms with Crippen molar-refractivity contribution in [2.24, 2.45) is 0 Å². The van der Waals surface area contributed by atoms with Crippen molar-refractivity contribution in [3.8, 4) is 0 Å². The predicted octanol–water partition coefficient (Wildman–Crippen LogP) is 0.935. The van der Waals surface area contributed by atoms with Crippen molar-refractivity contribution in [3.05, 3.63) is 16.6 Å². The van der Waals surface area contributed by atoms with Gasteiger partial charge in [0.05, 0.1) is 13.5 Å². The van der Waals surface area contributed by atoms with Crippen LogP contribution >= 0.6 is 23.2 Å². The Labute approximate surface area is 126 Å². The molecule has 8 nitrogen and oxygen atoms in total. The zero-order valence-electron chi connectivity index (χ0n) is 10.6. The summed E-state index contributed by atoms with van der Waals surface area (Å²) in [4.78, 5) is 18.2. The van der Waals surface area contributed by atoms with Gasteiger partial charge in [0.1, 0.15) is 12.0 Å². The van der Waals surface area contributed by atoms with Gasteiger partial charge in [-0.15, -0.1) is 0 Å². The summed E-state index contributed by atoms with van der Waals surface area (Å²) in [6.07, 6.45) is 1.02. The topological polar surface area (TPSA) is 101 Å². The average molecular weight is 343 g/mol. The lowest BCUT2D eigenvalue weighted by atomic mass is 10.4. The molecular formula is C9H12Cl2N4O4S. The monoisotopic (exact) mass is 342 g/mol. The van der Waals surface area contributed by atoms with Gasteiger partial charge in [0, 0.05) is 13.6 Å². The fraction of sp³-hybridized carbons (Fsp3) is 0.444. The molecule has 0 fully saturated rings. The molecule has 0 bridgehead atoms. The molecule has 0 saturated carbocycles. The normalized spacial score (nSPS) is 11.4. The molecule has 20 heavy (non-hydrogen) atoms. The number of aromatic nitrogens is 2. The lowest BCUT2D eigenvalue weighted by Crippen LogP contribution is -2.34. The number of carbonyl (C=O) groups excluding carboxylic acids is 1. The first-order chi connectivity index (χ1) is 9.27. The summed E-state index contributed by atoms with van der Waals surface area (Å²) in [7, 11) is -1.43. The van der Waals surface area contributed by atoms with Crippen LogP contribution in [0.3, 0.4) is 0 Å². The zero-order chi connectivity index (χ0) is 15.3. The predicted molar refractivity (Wildman–Crippen MR) is 73.9 cm³/mol. The standard InChI is InChI=1S/C9H12Cl2N4O4S/c1-15(4-3-6(16)19-2)20(17,18)14-7-8(10)12-5-13-9(7)11/h5,14H,3-4H2,1-2H3. The first kappa shape index (κ1) is 16.9. The lowest BCUT2D eigenvalue weighted by molar-refractivity contribution is -0.140. The Kier molecular flexibility index (Phi) is 5.93. The molecule has 11 heteroatoms. The van der Waals surface area contributed by atoms with E-state index in [2.05, 4.69) is 19.4 Å². The molecule has 0 aliphatic carbocycles. The van der Waals surface area contributed by atoms with Crippen LogP contribution in [0.1, 0.15) is 6.42 Å². The molecule has 1 rings (SSSR count). The summed E-state index contributed by atoms with van der Waals surface area (Å²) >= 11 is 11.5. The van der Waals surface area contributed by atoms with Crippen LogP contribution in [0.5, 0.6) is 0 Å². The Morgan fingerprint density at radius 2 is 1.95 bits per heavy atom. The summed E-state index contributed by atoms with van der Waals surface area (Å²) in [5.41, 5.74) is -0.124. The van der Waals surface area contributed by atoms with Crippen LogP contribution in [0, 0.1) is 0 Å². The highest BCUT2D eigenvalue weighted by molar-refractivity contribution is 7.90. The number of carbonyl (C=O) groups is 1. The Morgan fingerprint density at radius 1 is 1.40 bits per heavy atom. The third-order valence-electron chi connectivity index (χ3n) is 2.25. The summed E-state index contributed by atoms with van der Waals surface area (Å²) in [6, 6.07) is 0. The Morgan fingerprint density at radius 3 is 2.45 bits per heavy atom. The summed E-state index contributed by atoms with van der Waals surface area (Å²) in [6.45, 7) is -0.0645. The van der Waals surface area contributed by atoms with Crippen molar-refractivity contribution in [2.45, 2.75) is 6.42 Å². The average Bonchev–Trinajstić information content (AvgIpc) is 2.39. The van der Waals surface area contributed by atoms with Crippen molar-refractivity contribution in [3.63, 3.8) is 0 Å². The Balaban J connectivity index is 2.82. The number of nitrogens with one attached hydrogen (secondary N) is 1. The minimum atomic E-state index is -3.94. The van der Waals surface area contributed by atoms with Gasteiger partial charge in [-0.2, -0.15) is 12.7 Å². The number of rotatable bonds is 6. The van der Waals surface area contributed by atoms with Crippen LogP contribution in [0.15, 0.2) is 6.33 Å². The van der Waals surface area contributed by atoms with Crippen molar-refractivity contribution >= 4 is 45.1 Å². The van der Waals surface area contributed by atoms with Crippen molar-refractivity contribution in [1.29, 1.82) is 0 Å². The van der Waals surface area contributed by atoms with Crippen LogP contribution in [-0.2, 0) is 19.7 Å². The van der Waals surface area contributed by atoms with E-state index < -0.39 is 16.2 Å². The van der Waals surface area contributed by atoms with Crippen LogP contribution in [0.4, 0.5) is 5.69 Å². The van der Waals surface area contributed by atoms with Crippen molar-refractivity contribution in [2.75, 3.05) is 25.4 Å². The number of esters is 1. The molecule has 0 amide bonds. The highest BCUT2D eigenvalue weighted by Crippen LogP contribution is 2.27. The Hall–Kier alpha value is -1.16. The Bertz CT molecular complexity index is 575. The van der Waals surface area contributed by atoms with Crippen LogP contribution in [-0.4, -0.2) is 49.4 Å². The summed E-state index contributed by atoms with van der Waals surface area (Å²) in [5, 5.41) is -0.259. The van der Waals surface area contributed by atoms with Crippen LogP contribution in [0.2, 0.25) is 10.3 Å². The van der Waals surface area contributed by atoms with E-state index in [0.717, 1.165) is 10.6 Å². The molecule has 0 aliphatic heterocycles. The first-order valence-electron chi connectivity index (χ1n) is 5.25. The zero-order valence-corrected chi connectivity index (χ0v) is 13.0. The van der Waals surface area contributed by atoms with E-state index in [9.17, 15) is 13.2 Å². The third kappa shape index (κ3) is 4.44. The van der Waals surface area contributed by atoms with Crippen molar-refractivity contribution in [1.82, 2.24) is 14.3 Å². The minimum absolute atomic E-state index is 0.0645. The van der Waals surface area contributed by atoms with Crippen LogP contribution < -0.4 is 4.72 Å². The van der Waals surface area contributed by atoms with Gasteiger partial charge in [0.15, 0.2) is 10.3 Å². The molecule has 0 spiro atoms. The molecule has 112 valence electrons. The molecule has 0 atom stereocenters. The summed E-state index contributed by atoms with van der Waals surface area (Å²) in [5.74, 6) is -0.522. The van der Waals surface area contributed by atoms with Gasteiger partial charge < -0.3 is 4.74 Å². The molecule has 0 aromatic carbocycles. The molecule has 1 heterocycles. The van der Waals surface area contributed by atoms with E-state index in [0.29, 0.717) is 0 Å². The molecule has 1 N–H and O–H groups in total. The maximum Gasteiger partial charge on any atom is 0.306 e. The van der Waals surface area contributed by atoms with Gasteiger partial charge in [0.2, 0.25) is 0 Å². The van der Waals surface area contributed by atoms with E-state index in [1.54, 1.807) is 0 Å². The quantitative estimate of drug-likeness (QED) is 0.609. The maximum absolute atomic E-state index is 12.0. The third-order valence-corrected chi connectivity index (χ3v) is 4.29. The van der Waals surface area contributed by atoms with E-state index in [1.807, 2.05) is 0 Å². The van der Waals surface area contributed by atoms with Gasteiger partial charge in [-0.25, -0.2) is 9.97 Å². The van der Waals surface area contributed by atoms with Crippen molar-refractivity contribution < 1.29 is 17.9 Å². The maximum atomic E-state index is 12.0. The number of hydrogen-bond donors (Lipinski definition) is 1. The van der Waals surface area contributed by atoms with Gasteiger partial charge in [0.25, 0.3) is 0 Å². The number of methoxy groups -OCH3 is 1. The first-order valence-corrected chi connectivity index (χ1v) is 7.44. The number of hydrogen-bond acceptors (Lipinski definition) is 6. The molecule has 1 aromatic rings. The van der Waals surface area contributed by atoms with E-state index >= 15 is 0 Å².